The van der Waals surface area contributed by atoms with Gasteiger partial charge in [0, 0.05) is 45.2 Å². The number of benzene rings is 5. The van der Waals surface area contributed by atoms with E-state index < -0.39 is 0 Å². The monoisotopic (exact) mass is 530 g/mol. The van der Waals surface area contributed by atoms with Crippen molar-refractivity contribution in [2.75, 3.05) is 7.11 Å². The normalized spacial score (nSPS) is 14.1. The van der Waals surface area contributed by atoms with Gasteiger partial charge in [-0.2, -0.15) is 0 Å². The van der Waals surface area contributed by atoms with Crippen LogP contribution < -0.4 is 10.6 Å². The van der Waals surface area contributed by atoms with Crippen LogP contribution in [0.4, 0.5) is 0 Å². The van der Waals surface area contributed by atoms with Crippen molar-refractivity contribution in [3.05, 3.63) is 149 Å². The molecule has 0 unspecified atom stereocenters. The molecule has 0 fully saturated rings. The zero-order valence-corrected chi connectivity index (χ0v) is 22.9. The maximum absolute atomic E-state index is 7.00. The molecular formula is C38H30N2O. The van der Waals surface area contributed by atoms with Gasteiger partial charge in [0.25, 0.3) is 0 Å². The van der Waals surface area contributed by atoms with Gasteiger partial charge in [-0.05, 0) is 82.8 Å². The molecule has 1 aliphatic rings. The molecule has 3 nitrogen and oxygen atoms in total. The van der Waals surface area contributed by atoms with E-state index in [0.29, 0.717) is 0 Å². The number of aliphatic hydroxyl groups is 1. The van der Waals surface area contributed by atoms with Crippen molar-refractivity contribution in [1.29, 1.82) is 0 Å². The summed E-state index contributed by atoms with van der Waals surface area (Å²) in [7, 11) is 1.00. The van der Waals surface area contributed by atoms with Crippen LogP contribution >= 0.6 is 0 Å². The van der Waals surface area contributed by atoms with Gasteiger partial charge in [0.1, 0.15) is 0 Å². The van der Waals surface area contributed by atoms with Crippen LogP contribution in [0.1, 0.15) is 11.1 Å². The summed E-state index contributed by atoms with van der Waals surface area (Å²) in [6.45, 7) is 4.51. The van der Waals surface area contributed by atoms with Crippen LogP contribution in [0.15, 0.2) is 127 Å². The molecule has 5 aromatic carbocycles. The van der Waals surface area contributed by atoms with Gasteiger partial charge < -0.3 is 14.7 Å². The molecule has 0 atom stereocenters. The number of fused-ring (bicyclic) bond motifs is 7. The van der Waals surface area contributed by atoms with Gasteiger partial charge in [0.05, 0.1) is 10.9 Å². The van der Waals surface area contributed by atoms with Crippen LogP contribution in [0.2, 0.25) is 0 Å². The second kappa shape index (κ2) is 10.1. The van der Waals surface area contributed by atoms with Crippen LogP contribution in [-0.4, -0.2) is 21.8 Å². The summed E-state index contributed by atoms with van der Waals surface area (Å²) in [6, 6.07) is 41.4. The predicted octanol–water partition coefficient (Wildman–Crippen LogP) is 7.26. The number of aromatic nitrogens is 2. The zero-order valence-electron chi connectivity index (χ0n) is 22.9. The summed E-state index contributed by atoms with van der Waals surface area (Å²) in [5, 5.41) is 13.2. The van der Waals surface area contributed by atoms with E-state index in [0.717, 1.165) is 24.8 Å². The number of nitrogens with zero attached hydrogens (tertiary/aromatic N) is 1. The van der Waals surface area contributed by atoms with E-state index >= 15 is 0 Å². The molecule has 198 valence electrons. The fourth-order valence-corrected chi connectivity index (χ4v) is 6.18. The van der Waals surface area contributed by atoms with E-state index in [1.165, 1.54) is 65.5 Å². The van der Waals surface area contributed by atoms with Gasteiger partial charge in [0.2, 0.25) is 0 Å². The first kappa shape index (κ1) is 24.9. The van der Waals surface area contributed by atoms with Crippen LogP contribution in [-0.2, 0) is 6.42 Å². The summed E-state index contributed by atoms with van der Waals surface area (Å²) in [6.07, 6.45) is 5.46. The third kappa shape index (κ3) is 4.19. The molecule has 0 spiro atoms. The highest BCUT2D eigenvalue weighted by Gasteiger charge is 2.15. The predicted molar refractivity (Wildman–Crippen MR) is 173 cm³/mol. The number of aromatic amines is 1. The average Bonchev–Trinajstić information content (AvgIpc) is 3.52. The molecule has 0 radical (unpaired) electrons. The van der Waals surface area contributed by atoms with Crippen molar-refractivity contribution in [2.45, 2.75) is 6.42 Å². The van der Waals surface area contributed by atoms with Crippen molar-refractivity contribution < 1.29 is 5.11 Å². The SMILES string of the molecule is C=C1/C=c2\c(c3ccccc3n2-c2ccc(-c3ccccc3)cc2)=C/c2cc3[nH]c4ccccc4c3cc2C1.CO. The number of hydrogen-bond donors (Lipinski definition) is 2. The molecule has 2 aromatic heterocycles. The first-order valence-corrected chi connectivity index (χ1v) is 13.9. The topological polar surface area (TPSA) is 41.0 Å². The molecule has 0 amide bonds. The zero-order chi connectivity index (χ0) is 27.9. The van der Waals surface area contributed by atoms with E-state index in [1.807, 2.05) is 0 Å². The molecule has 1 aliphatic carbocycles. The fraction of sp³-hybridized carbons (Fsp3) is 0.0526. The summed E-state index contributed by atoms with van der Waals surface area (Å²) >= 11 is 0. The van der Waals surface area contributed by atoms with Crippen LogP contribution in [0.5, 0.6) is 0 Å². The van der Waals surface area contributed by atoms with Gasteiger partial charge in [-0.15, -0.1) is 0 Å². The third-order valence-corrected chi connectivity index (χ3v) is 8.01. The van der Waals surface area contributed by atoms with E-state index in [-0.39, 0.29) is 0 Å². The van der Waals surface area contributed by atoms with E-state index in [1.54, 1.807) is 0 Å². The van der Waals surface area contributed by atoms with Gasteiger partial charge >= 0.3 is 0 Å². The van der Waals surface area contributed by atoms with E-state index in [2.05, 4.69) is 144 Å². The smallest absolute Gasteiger partial charge is 0.0543 e. The van der Waals surface area contributed by atoms with Crippen molar-refractivity contribution in [1.82, 2.24) is 9.55 Å². The lowest BCUT2D eigenvalue weighted by molar-refractivity contribution is 0.399. The maximum atomic E-state index is 7.00. The number of rotatable bonds is 2. The van der Waals surface area contributed by atoms with Crippen LogP contribution in [0, 0.1) is 0 Å². The van der Waals surface area contributed by atoms with Gasteiger partial charge in [-0.1, -0.05) is 85.4 Å². The molecule has 2 heterocycles. The van der Waals surface area contributed by atoms with Crippen molar-refractivity contribution >= 4 is 44.9 Å². The fourth-order valence-electron chi connectivity index (χ4n) is 6.18. The largest absolute Gasteiger partial charge is 0.400 e. The molecule has 0 saturated heterocycles. The molecule has 3 heteroatoms. The second-order valence-corrected chi connectivity index (χ2v) is 10.5. The van der Waals surface area contributed by atoms with E-state index in [4.69, 9.17) is 5.11 Å². The number of aliphatic hydroxyl groups excluding tert-OH is 1. The Bertz CT molecular complexity index is 2200. The maximum Gasteiger partial charge on any atom is 0.0543 e. The Kier molecular flexibility index (Phi) is 6.15. The summed E-state index contributed by atoms with van der Waals surface area (Å²) in [5.41, 5.74) is 10.8. The Morgan fingerprint density at radius 1 is 0.659 bits per heavy atom. The van der Waals surface area contributed by atoms with Gasteiger partial charge in [-0.3, -0.25) is 0 Å². The molecule has 0 bridgehead atoms. The minimum atomic E-state index is 0.815. The number of H-pyrrole nitrogens is 1. The van der Waals surface area contributed by atoms with Crippen LogP contribution in [0.25, 0.3) is 61.7 Å². The number of hydrogen-bond acceptors (Lipinski definition) is 1. The van der Waals surface area contributed by atoms with E-state index in [9.17, 15) is 0 Å². The standard InChI is InChI=1S/C37H26N2.CH4O/c1-24-19-27-21-32-30-11-5-7-13-34(30)38-35(32)23-28(27)22-33-31-12-6-8-14-36(31)39(37(33)20-24)29-17-15-26(16-18-29)25-9-3-2-4-10-25;1-2/h2-18,20-23,38H,1,19H2;2H,1H3/b33-22-,37-20+;. The first-order chi connectivity index (χ1) is 20.2. The molecular weight excluding hydrogens is 500 g/mol. The molecule has 2 N–H and O–H groups in total. The summed E-state index contributed by atoms with van der Waals surface area (Å²) in [5.74, 6) is 0. The van der Waals surface area contributed by atoms with Crippen molar-refractivity contribution in [3.63, 3.8) is 0 Å². The quantitative estimate of drug-likeness (QED) is 0.243. The van der Waals surface area contributed by atoms with Gasteiger partial charge in [0.15, 0.2) is 0 Å². The lowest BCUT2D eigenvalue weighted by Gasteiger charge is -2.12. The van der Waals surface area contributed by atoms with Crippen molar-refractivity contribution in [2.24, 2.45) is 0 Å². The Balaban J connectivity index is 0.00000135. The number of para-hydroxylation sites is 2. The minimum Gasteiger partial charge on any atom is -0.400 e. The first-order valence-electron chi connectivity index (χ1n) is 13.9. The lowest BCUT2D eigenvalue weighted by Crippen LogP contribution is -2.29. The Hall–Kier alpha value is -5.12. The number of allylic oxidation sites excluding steroid dienone is 1. The molecule has 41 heavy (non-hydrogen) atoms. The van der Waals surface area contributed by atoms with Crippen molar-refractivity contribution in [3.8, 4) is 16.8 Å². The van der Waals surface area contributed by atoms with Crippen LogP contribution in [0.3, 0.4) is 0 Å². The molecule has 7 aromatic rings. The number of nitrogens with one attached hydrogen (secondary N) is 1. The minimum absolute atomic E-state index is 0.815. The Morgan fingerprint density at radius 2 is 1.34 bits per heavy atom. The molecule has 8 rings (SSSR count). The lowest BCUT2D eigenvalue weighted by atomic mass is 9.95. The molecule has 0 aliphatic heterocycles. The average molecular weight is 531 g/mol. The Labute approximate surface area is 238 Å². The second-order valence-electron chi connectivity index (χ2n) is 10.5. The summed E-state index contributed by atoms with van der Waals surface area (Å²) in [4.78, 5) is 3.63. The Morgan fingerprint density at radius 3 is 2.15 bits per heavy atom. The highest BCUT2D eigenvalue weighted by molar-refractivity contribution is 6.08. The highest BCUT2D eigenvalue weighted by Crippen LogP contribution is 2.30. The summed E-state index contributed by atoms with van der Waals surface area (Å²) < 4.78 is 2.38. The molecule has 0 saturated carbocycles. The highest BCUT2D eigenvalue weighted by atomic mass is 16.2. The third-order valence-electron chi connectivity index (χ3n) is 8.01. The van der Waals surface area contributed by atoms with Gasteiger partial charge in [-0.25, -0.2) is 0 Å².